The Balaban J connectivity index is 1.61. The number of carbonyl (C=O) groups is 1. The molecule has 0 aliphatic carbocycles. The molecule has 0 bridgehead atoms. The number of hydrogen-bond acceptors (Lipinski definition) is 5. The summed E-state index contributed by atoms with van der Waals surface area (Å²) in [6.07, 6.45) is 0.258. The number of rotatable bonds is 3. The number of fused-ring (bicyclic) bond motifs is 1. The summed E-state index contributed by atoms with van der Waals surface area (Å²) in [5.74, 6) is -0.340. The molecule has 25 heavy (non-hydrogen) atoms. The first-order chi connectivity index (χ1) is 11.7. The van der Waals surface area contributed by atoms with Crippen LogP contribution in [-0.2, 0) is 10.0 Å². The average Bonchev–Trinajstić information content (AvgIpc) is 3.01. The normalized spacial score (nSPS) is 17.7. The molecule has 0 saturated carbocycles. The lowest BCUT2D eigenvalue weighted by Crippen LogP contribution is -2.49. The third kappa shape index (κ3) is 3.62. The highest BCUT2D eigenvalue weighted by atomic mass is 32.2. The minimum absolute atomic E-state index is 0.129. The SMILES string of the molecule is O=C(NC1CCN(S(=O)(=O)C(F)(F)F)CC1)c1ccc2ncsc2c1. The van der Waals surface area contributed by atoms with E-state index in [1.165, 1.54) is 11.3 Å². The number of sulfonamides is 1. The second-order valence-corrected chi connectivity index (χ2v) is 8.45. The van der Waals surface area contributed by atoms with Gasteiger partial charge < -0.3 is 5.32 Å². The van der Waals surface area contributed by atoms with Gasteiger partial charge in [-0.2, -0.15) is 17.5 Å². The van der Waals surface area contributed by atoms with E-state index in [1.54, 1.807) is 23.7 Å². The van der Waals surface area contributed by atoms with Crippen molar-refractivity contribution in [2.45, 2.75) is 24.4 Å². The third-order valence-electron chi connectivity index (χ3n) is 4.02. The third-order valence-corrected chi connectivity index (χ3v) is 6.44. The largest absolute Gasteiger partial charge is 0.511 e. The molecule has 1 N–H and O–H groups in total. The summed E-state index contributed by atoms with van der Waals surface area (Å²) in [6.45, 7) is -0.554. The van der Waals surface area contributed by atoms with Crippen LogP contribution < -0.4 is 5.32 Å². The second kappa shape index (κ2) is 6.54. The molecule has 1 aliphatic heterocycles. The van der Waals surface area contributed by atoms with Crippen molar-refractivity contribution in [3.8, 4) is 0 Å². The summed E-state index contributed by atoms with van der Waals surface area (Å²) < 4.78 is 61.6. The number of amides is 1. The van der Waals surface area contributed by atoms with E-state index in [2.05, 4.69) is 10.3 Å². The number of carbonyl (C=O) groups excluding carboxylic acids is 1. The molecule has 1 aromatic carbocycles. The van der Waals surface area contributed by atoms with Gasteiger partial charge in [-0.05, 0) is 31.0 Å². The molecule has 1 aromatic heterocycles. The zero-order chi connectivity index (χ0) is 18.2. The minimum Gasteiger partial charge on any atom is -0.349 e. The molecule has 1 fully saturated rings. The molecule has 1 amide bonds. The molecule has 1 saturated heterocycles. The van der Waals surface area contributed by atoms with Gasteiger partial charge in [0.15, 0.2) is 0 Å². The Hall–Kier alpha value is -1.72. The number of thiazole rings is 1. The molecule has 0 atom stereocenters. The number of alkyl halides is 3. The van der Waals surface area contributed by atoms with Crippen molar-refractivity contribution in [1.82, 2.24) is 14.6 Å². The molecular formula is C14H14F3N3O3S2. The van der Waals surface area contributed by atoms with Crippen molar-refractivity contribution in [2.75, 3.05) is 13.1 Å². The van der Waals surface area contributed by atoms with Crippen LogP contribution in [0, 0.1) is 0 Å². The van der Waals surface area contributed by atoms with Crippen LogP contribution in [0.4, 0.5) is 13.2 Å². The molecule has 0 spiro atoms. The maximum Gasteiger partial charge on any atom is 0.511 e. The van der Waals surface area contributed by atoms with Gasteiger partial charge in [-0.25, -0.2) is 13.4 Å². The van der Waals surface area contributed by atoms with Crippen LogP contribution in [0.3, 0.4) is 0 Å². The smallest absolute Gasteiger partial charge is 0.349 e. The molecule has 11 heteroatoms. The molecule has 2 heterocycles. The first-order valence-corrected chi connectivity index (χ1v) is 9.71. The molecule has 1 aliphatic rings. The van der Waals surface area contributed by atoms with Gasteiger partial charge in [0.25, 0.3) is 5.91 Å². The first kappa shape index (κ1) is 18.1. The Kier molecular flexibility index (Phi) is 4.73. The van der Waals surface area contributed by atoms with Crippen LogP contribution in [-0.4, -0.2) is 48.3 Å². The number of aromatic nitrogens is 1. The van der Waals surface area contributed by atoms with Gasteiger partial charge in [0.2, 0.25) is 0 Å². The zero-order valence-electron chi connectivity index (χ0n) is 12.8. The van der Waals surface area contributed by atoms with Crippen LogP contribution in [0.25, 0.3) is 10.2 Å². The van der Waals surface area contributed by atoms with E-state index >= 15 is 0 Å². The lowest BCUT2D eigenvalue weighted by Gasteiger charge is -2.31. The van der Waals surface area contributed by atoms with Crippen LogP contribution in [0.5, 0.6) is 0 Å². The molecule has 0 unspecified atom stereocenters. The highest BCUT2D eigenvalue weighted by molar-refractivity contribution is 7.90. The standard InChI is InChI=1S/C14H14F3N3O3S2/c15-14(16,17)25(22,23)20-5-3-10(4-6-20)19-13(21)9-1-2-11-12(7-9)24-8-18-11/h1-2,7-8,10H,3-6H2,(H,19,21). The van der Waals surface area contributed by atoms with Gasteiger partial charge >= 0.3 is 15.5 Å². The fourth-order valence-electron chi connectivity index (χ4n) is 2.65. The number of halogens is 3. The fourth-order valence-corrected chi connectivity index (χ4v) is 4.35. The van der Waals surface area contributed by atoms with E-state index in [-0.39, 0.29) is 37.9 Å². The van der Waals surface area contributed by atoms with Crippen molar-refractivity contribution in [2.24, 2.45) is 0 Å². The van der Waals surface area contributed by atoms with Gasteiger partial charge in [-0.1, -0.05) is 0 Å². The zero-order valence-corrected chi connectivity index (χ0v) is 14.4. The van der Waals surface area contributed by atoms with Gasteiger partial charge in [-0.15, -0.1) is 11.3 Å². The fraction of sp³-hybridized carbons (Fsp3) is 0.429. The van der Waals surface area contributed by atoms with Crippen molar-refractivity contribution >= 4 is 37.5 Å². The second-order valence-electron chi connectivity index (χ2n) is 5.63. The molecule has 0 radical (unpaired) electrons. The molecule has 3 rings (SSSR count). The summed E-state index contributed by atoms with van der Waals surface area (Å²) >= 11 is 1.40. The minimum atomic E-state index is -5.31. The number of benzene rings is 1. The molecular weight excluding hydrogens is 379 g/mol. The van der Waals surface area contributed by atoms with Crippen molar-refractivity contribution in [3.63, 3.8) is 0 Å². The van der Waals surface area contributed by atoms with E-state index in [1.807, 2.05) is 0 Å². The summed E-state index contributed by atoms with van der Waals surface area (Å²) in [7, 11) is -5.31. The van der Waals surface area contributed by atoms with Crippen molar-refractivity contribution in [1.29, 1.82) is 0 Å². The predicted molar refractivity (Wildman–Crippen MR) is 86.7 cm³/mol. The summed E-state index contributed by atoms with van der Waals surface area (Å²) in [6, 6.07) is 4.68. The highest BCUT2D eigenvalue weighted by Crippen LogP contribution is 2.29. The molecule has 2 aromatic rings. The Morgan fingerprint density at radius 3 is 2.60 bits per heavy atom. The van der Waals surface area contributed by atoms with Gasteiger partial charge in [0.1, 0.15) is 0 Å². The van der Waals surface area contributed by atoms with Gasteiger partial charge in [0, 0.05) is 24.7 Å². The lowest BCUT2D eigenvalue weighted by molar-refractivity contribution is -0.0495. The van der Waals surface area contributed by atoms with Crippen LogP contribution in [0.1, 0.15) is 23.2 Å². The summed E-state index contributed by atoms with van der Waals surface area (Å²) in [4.78, 5) is 16.4. The number of hydrogen-bond donors (Lipinski definition) is 1. The van der Waals surface area contributed by atoms with E-state index in [4.69, 9.17) is 0 Å². The average molecular weight is 393 g/mol. The van der Waals surface area contributed by atoms with Crippen LogP contribution >= 0.6 is 11.3 Å². The Morgan fingerprint density at radius 1 is 1.28 bits per heavy atom. The highest BCUT2D eigenvalue weighted by Gasteiger charge is 2.50. The maximum atomic E-state index is 12.5. The van der Waals surface area contributed by atoms with E-state index < -0.39 is 15.5 Å². The Bertz CT molecular complexity index is 887. The Morgan fingerprint density at radius 2 is 1.96 bits per heavy atom. The van der Waals surface area contributed by atoms with Gasteiger partial charge in [0.05, 0.1) is 15.7 Å². The van der Waals surface area contributed by atoms with E-state index in [0.717, 1.165) is 10.2 Å². The maximum absolute atomic E-state index is 12.5. The Labute approximate surface area is 145 Å². The first-order valence-electron chi connectivity index (χ1n) is 7.39. The predicted octanol–water partition coefficient (Wildman–Crippen LogP) is 2.34. The van der Waals surface area contributed by atoms with E-state index in [0.29, 0.717) is 9.87 Å². The van der Waals surface area contributed by atoms with Crippen LogP contribution in [0.15, 0.2) is 23.7 Å². The molecule has 136 valence electrons. The molecule has 6 nitrogen and oxygen atoms in total. The quantitative estimate of drug-likeness (QED) is 0.868. The number of nitrogens with zero attached hydrogens (tertiary/aromatic N) is 2. The van der Waals surface area contributed by atoms with Crippen molar-refractivity contribution in [3.05, 3.63) is 29.3 Å². The lowest BCUT2D eigenvalue weighted by atomic mass is 10.1. The van der Waals surface area contributed by atoms with Crippen LogP contribution in [0.2, 0.25) is 0 Å². The summed E-state index contributed by atoms with van der Waals surface area (Å²) in [5, 5.41) is 2.75. The van der Waals surface area contributed by atoms with Gasteiger partial charge in [-0.3, -0.25) is 4.79 Å². The van der Waals surface area contributed by atoms with E-state index in [9.17, 15) is 26.4 Å². The number of nitrogens with one attached hydrogen (secondary N) is 1. The number of piperidine rings is 1. The monoisotopic (exact) mass is 393 g/mol. The van der Waals surface area contributed by atoms with Crippen molar-refractivity contribution < 1.29 is 26.4 Å². The summed E-state index contributed by atoms with van der Waals surface area (Å²) in [5.41, 5.74) is -2.41. The topological polar surface area (TPSA) is 79.4 Å².